The number of rotatable bonds is 4. The van der Waals surface area contributed by atoms with Gasteiger partial charge in [-0.05, 0) is 36.8 Å². The molecule has 5 nitrogen and oxygen atoms in total. The fraction of sp³-hybridized carbons (Fsp3) is 0.294. The summed E-state index contributed by atoms with van der Waals surface area (Å²) in [5, 5.41) is 2.86. The molecule has 0 bridgehead atoms. The van der Waals surface area contributed by atoms with Crippen molar-refractivity contribution < 1.29 is 14.3 Å². The Bertz CT molecular complexity index is 697. The third kappa shape index (κ3) is 4.09. The van der Waals surface area contributed by atoms with E-state index in [4.69, 9.17) is 9.47 Å². The van der Waals surface area contributed by atoms with Gasteiger partial charge in [-0.25, -0.2) is 4.98 Å². The molecule has 1 aliphatic rings. The monoisotopic (exact) mass is 376 g/mol. The van der Waals surface area contributed by atoms with Crippen molar-refractivity contribution in [3.8, 4) is 5.88 Å². The van der Waals surface area contributed by atoms with Crippen LogP contribution in [0.5, 0.6) is 5.88 Å². The van der Waals surface area contributed by atoms with Crippen LogP contribution in [0.2, 0.25) is 0 Å². The summed E-state index contributed by atoms with van der Waals surface area (Å²) in [7, 11) is 0. The van der Waals surface area contributed by atoms with E-state index in [-0.39, 0.29) is 12.0 Å². The molecular formula is C17H17BrN2O3. The smallest absolute Gasteiger partial charge is 0.257 e. The first-order valence-corrected chi connectivity index (χ1v) is 8.19. The maximum absolute atomic E-state index is 12.2. The molecule has 3 rings (SSSR count). The van der Waals surface area contributed by atoms with Gasteiger partial charge in [0, 0.05) is 28.8 Å². The van der Waals surface area contributed by atoms with Gasteiger partial charge in [0.05, 0.1) is 18.8 Å². The van der Waals surface area contributed by atoms with Gasteiger partial charge in [0.1, 0.15) is 6.10 Å². The fourth-order valence-corrected chi connectivity index (χ4v) is 2.53. The minimum absolute atomic E-state index is 0.0490. The number of halogens is 1. The van der Waals surface area contributed by atoms with E-state index in [0.717, 1.165) is 28.8 Å². The molecular weight excluding hydrogens is 360 g/mol. The maximum Gasteiger partial charge on any atom is 0.257 e. The number of aryl methyl sites for hydroxylation is 1. The Balaban J connectivity index is 1.63. The van der Waals surface area contributed by atoms with Crippen LogP contribution in [0.1, 0.15) is 22.3 Å². The third-order valence-corrected chi connectivity index (χ3v) is 4.48. The van der Waals surface area contributed by atoms with E-state index < -0.39 is 0 Å². The van der Waals surface area contributed by atoms with Crippen molar-refractivity contribution in [2.75, 3.05) is 18.5 Å². The summed E-state index contributed by atoms with van der Waals surface area (Å²) in [4.78, 5) is 16.4. The first kappa shape index (κ1) is 16.0. The molecule has 0 spiro atoms. The van der Waals surface area contributed by atoms with Gasteiger partial charge >= 0.3 is 0 Å². The number of amides is 1. The van der Waals surface area contributed by atoms with Crippen molar-refractivity contribution in [3.05, 3.63) is 52.1 Å². The number of hydrogen-bond acceptors (Lipinski definition) is 4. The summed E-state index contributed by atoms with van der Waals surface area (Å²) in [5.41, 5.74) is 2.29. The molecule has 120 valence electrons. The molecule has 0 radical (unpaired) electrons. The topological polar surface area (TPSA) is 60.5 Å². The highest BCUT2D eigenvalue weighted by molar-refractivity contribution is 9.10. The van der Waals surface area contributed by atoms with Gasteiger partial charge in [-0.2, -0.15) is 0 Å². The number of carbonyl (C=O) groups is 1. The molecule has 1 aromatic heterocycles. The summed E-state index contributed by atoms with van der Waals surface area (Å²) < 4.78 is 11.9. The molecule has 0 aliphatic carbocycles. The highest BCUT2D eigenvalue weighted by Crippen LogP contribution is 2.21. The maximum atomic E-state index is 12.2. The van der Waals surface area contributed by atoms with Gasteiger partial charge < -0.3 is 14.8 Å². The molecule has 1 aliphatic heterocycles. The second-order valence-electron chi connectivity index (χ2n) is 5.41. The SMILES string of the molecule is Cc1cc(NC(=O)c2ccc(O[C@@H]3CCOC3)nc2)ccc1Br. The Hall–Kier alpha value is -1.92. The molecule has 1 atom stereocenters. The van der Waals surface area contributed by atoms with Gasteiger partial charge in [-0.15, -0.1) is 0 Å². The van der Waals surface area contributed by atoms with E-state index >= 15 is 0 Å². The highest BCUT2D eigenvalue weighted by atomic mass is 79.9. The van der Waals surface area contributed by atoms with Crippen molar-refractivity contribution in [1.29, 1.82) is 0 Å². The normalized spacial score (nSPS) is 17.0. The molecule has 0 unspecified atom stereocenters. The average molecular weight is 377 g/mol. The lowest BCUT2D eigenvalue weighted by Gasteiger charge is -2.11. The van der Waals surface area contributed by atoms with E-state index in [9.17, 15) is 4.79 Å². The van der Waals surface area contributed by atoms with Crippen molar-refractivity contribution in [2.45, 2.75) is 19.4 Å². The molecule has 1 amide bonds. The molecule has 1 aromatic carbocycles. The lowest BCUT2D eigenvalue weighted by molar-refractivity contribution is 0.102. The molecule has 2 heterocycles. The Labute approximate surface area is 143 Å². The summed E-state index contributed by atoms with van der Waals surface area (Å²) in [6.45, 7) is 3.28. The van der Waals surface area contributed by atoms with E-state index in [2.05, 4.69) is 26.2 Å². The predicted octanol–water partition coefficient (Wildman–Crippen LogP) is 3.57. The van der Waals surface area contributed by atoms with Crippen LogP contribution in [0.25, 0.3) is 0 Å². The molecule has 1 saturated heterocycles. The number of carbonyl (C=O) groups excluding carboxylic acids is 1. The highest BCUT2D eigenvalue weighted by Gasteiger charge is 2.17. The number of pyridine rings is 1. The molecule has 6 heteroatoms. The first-order valence-electron chi connectivity index (χ1n) is 7.40. The Morgan fingerprint density at radius 3 is 2.91 bits per heavy atom. The van der Waals surface area contributed by atoms with Crippen molar-refractivity contribution in [3.63, 3.8) is 0 Å². The van der Waals surface area contributed by atoms with E-state index in [1.54, 1.807) is 12.1 Å². The van der Waals surface area contributed by atoms with Crippen molar-refractivity contribution in [1.82, 2.24) is 4.98 Å². The number of hydrogen-bond donors (Lipinski definition) is 1. The molecule has 0 saturated carbocycles. The van der Waals surface area contributed by atoms with Gasteiger partial charge in [-0.3, -0.25) is 4.79 Å². The van der Waals surface area contributed by atoms with E-state index in [1.165, 1.54) is 6.20 Å². The predicted molar refractivity (Wildman–Crippen MR) is 90.9 cm³/mol. The standard InChI is InChI=1S/C17H17BrN2O3/c1-11-8-13(3-4-15(11)18)20-17(21)12-2-5-16(19-9-12)23-14-6-7-22-10-14/h2-5,8-9,14H,6-7,10H2,1H3,(H,20,21)/t14-/m1/s1. The Morgan fingerprint density at radius 2 is 2.26 bits per heavy atom. The Morgan fingerprint density at radius 1 is 1.39 bits per heavy atom. The van der Waals surface area contributed by atoms with Crippen LogP contribution < -0.4 is 10.1 Å². The summed E-state index contributed by atoms with van der Waals surface area (Å²) >= 11 is 3.44. The number of aromatic nitrogens is 1. The third-order valence-electron chi connectivity index (χ3n) is 3.59. The van der Waals surface area contributed by atoms with Crippen molar-refractivity contribution >= 4 is 27.5 Å². The van der Waals surface area contributed by atoms with Crippen molar-refractivity contribution in [2.24, 2.45) is 0 Å². The zero-order valence-electron chi connectivity index (χ0n) is 12.7. The van der Waals surface area contributed by atoms with Gasteiger partial charge in [0.25, 0.3) is 5.91 Å². The first-order chi connectivity index (χ1) is 11.1. The van der Waals surface area contributed by atoms with Crippen LogP contribution in [0, 0.1) is 6.92 Å². The summed E-state index contributed by atoms with van der Waals surface area (Å²) in [5.74, 6) is 0.312. The largest absolute Gasteiger partial charge is 0.472 e. The number of ether oxygens (including phenoxy) is 2. The fourth-order valence-electron chi connectivity index (χ4n) is 2.29. The minimum atomic E-state index is -0.199. The Kier molecular flexibility index (Phi) is 4.93. The molecule has 1 fully saturated rings. The zero-order chi connectivity index (χ0) is 16.2. The van der Waals surface area contributed by atoms with E-state index in [1.807, 2.05) is 25.1 Å². The molecule has 1 N–H and O–H groups in total. The van der Waals surface area contributed by atoms with Crippen LogP contribution >= 0.6 is 15.9 Å². The number of anilines is 1. The number of nitrogens with one attached hydrogen (secondary N) is 1. The van der Waals surface area contributed by atoms with Crippen LogP contribution in [0.4, 0.5) is 5.69 Å². The van der Waals surface area contributed by atoms with E-state index in [0.29, 0.717) is 18.1 Å². The second-order valence-corrected chi connectivity index (χ2v) is 6.26. The summed E-state index contributed by atoms with van der Waals surface area (Å²) in [6.07, 6.45) is 2.44. The number of benzene rings is 1. The number of nitrogens with zero attached hydrogens (tertiary/aromatic N) is 1. The second kappa shape index (κ2) is 7.10. The zero-order valence-corrected chi connectivity index (χ0v) is 14.3. The van der Waals surface area contributed by atoms with Crippen LogP contribution in [-0.4, -0.2) is 30.2 Å². The van der Waals surface area contributed by atoms with Crippen LogP contribution in [-0.2, 0) is 4.74 Å². The lowest BCUT2D eigenvalue weighted by Crippen LogP contribution is -2.17. The van der Waals surface area contributed by atoms with Crippen LogP contribution in [0.3, 0.4) is 0 Å². The van der Waals surface area contributed by atoms with Gasteiger partial charge in [0.15, 0.2) is 0 Å². The summed E-state index contributed by atoms with van der Waals surface area (Å²) in [6, 6.07) is 9.08. The van der Waals surface area contributed by atoms with Gasteiger partial charge in [-0.1, -0.05) is 15.9 Å². The van der Waals surface area contributed by atoms with Crippen LogP contribution in [0.15, 0.2) is 41.0 Å². The lowest BCUT2D eigenvalue weighted by atomic mass is 10.2. The average Bonchev–Trinajstić information content (AvgIpc) is 3.04. The quantitative estimate of drug-likeness (QED) is 0.885. The van der Waals surface area contributed by atoms with Gasteiger partial charge in [0.2, 0.25) is 5.88 Å². The molecule has 23 heavy (non-hydrogen) atoms. The molecule has 2 aromatic rings. The minimum Gasteiger partial charge on any atom is -0.472 e.